The second-order valence-corrected chi connectivity index (χ2v) is 6.74. The van der Waals surface area contributed by atoms with Gasteiger partial charge in [0.05, 0.1) is 5.75 Å². The van der Waals surface area contributed by atoms with Crippen LogP contribution in [0.3, 0.4) is 0 Å². The number of aryl methyl sites for hydroxylation is 1. The summed E-state index contributed by atoms with van der Waals surface area (Å²) in [6.07, 6.45) is 1.64. The molecular formula is C16H13FN4OS2. The van der Waals surface area contributed by atoms with Crippen LogP contribution in [0.4, 0.5) is 9.52 Å². The van der Waals surface area contributed by atoms with Crippen LogP contribution in [-0.4, -0.2) is 26.6 Å². The molecule has 8 heteroatoms. The third kappa shape index (κ3) is 4.36. The second kappa shape index (κ2) is 7.50. The molecule has 1 aromatic carbocycles. The third-order valence-corrected chi connectivity index (χ3v) is 4.56. The van der Waals surface area contributed by atoms with E-state index in [0.717, 1.165) is 11.3 Å². The average molecular weight is 360 g/mol. The number of halogens is 1. The Morgan fingerprint density at radius 1 is 1.29 bits per heavy atom. The molecule has 0 saturated carbocycles. The van der Waals surface area contributed by atoms with E-state index in [1.807, 2.05) is 13.0 Å². The zero-order valence-corrected chi connectivity index (χ0v) is 14.3. The predicted molar refractivity (Wildman–Crippen MR) is 93.6 cm³/mol. The number of thiazole rings is 1. The van der Waals surface area contributed by atoms with Crippen molar-refractivity contribution in [1.82, 2.24) is 15.0 Å². The number of nitrogens with zero attached hydrogens (tertiary/aromatic N) is 3. The van der Waals surface area contributed by atoms with Crippen LogP contribution in [-0.2, 0) is 4.79 Å². The van der Waals surface area contributed by atoms with E-state index in [1.54, 1.807) is 23.7 Å². The Morgan fingerprint density at radius 3 is 2.79 bits per heavy atom. The molecule has 0 atom stereocenters. The van der Waals surface area contributed by atoms with Gasteiger partial charge in [-0.05, 0) is 37.3 Å². The number of rotatable bonds is 5. The van der Waals surface area contributed by atoms with Crippen LogP contribution in [0.5, 0.6) is 0 Å². The van der Waals surface area contributed by atoms with Crippen molar-refractivity contribution < 1.29 is 9.18 Å². The van der Waals surface area contributed by atoms with E-state index < -0.39 is 0 Å². The minimum absolute atomic E-state index is 0.144. The smallest absolute Gasteiger partial charge is 0.236 e. The number of benzene rings is 1. The summed E-state index contributed by atoms with van der Waals surface area (Å²) in [7, 11) is 0. The molecule has 122 valence electrons. The third-order valence-electron chi connectivity index (χ3n) is 2.96. The molecule has 0 aliphatic carbocycles. The van der Waals surface area contributed by atoms with E-state index in [2.05, 4.69) is 20.3 Å². The van der Waals surface area contributed by atoms with Crippen molar-refractivity contribution in [2.75, 3.05) is 11.1 Å². The fourth-order valence-electron chi connectivity index (χ4n) is 1.92. The molecule has 0 unspecified atom stereocenters. The van der Waals surface area contributed by atoms with E-state index in [9.17, 15) is 9.18 Å². The maximum Gasteiger partial charge on any atom is 0.236 e. The summed E-state index contributed by atoms with van der Waals surface area (Å²) in [5.74, 6) is 0.283. The highest BCUT2D eigenvalue weighted by atomic mass is 32.2. The van der Waals surface area contributed by atoms with E-state index in [4.69, 9.17) is 0 Å². The lowest BCUT2D eigenvalue weighted by Gasteiger charge is -2.06. The van der Waals surface area contributed by atoms with Crippen LogP contribution < -0.4 is 5.32 Å². The molecular weight excluding hydrogens is 347 g/mol. The number of hydrogen-bond acceptors (Lipinski definition) is 6. The lowest BCUT2D eigenvalue weighted by atomic mass is 10.2. The lowest BCUT2D eigenvalue weighted by Crippen LogP contribution is -2.13. The maximum atomic E-state index is 13.0. The molecule has 0 radical (unpaired) electrons. The SMILES string of the molecule is Cc1cc(SCC(=O)Nc2nccs2)nc(-c2ccc(F)cc2)n1. The minimum Gasteiger partial charge on any atom is -0.301 e. The molecule has 0 saturated heterocycles. The van der Waals surface area contributed by atoms with Crippen LogP contribution in [0.15, 0.2) is 46.9 Å². The average Bonchev–Trinajstić information content (AvgIpc) is 3.06. The first kappa shape index (κ1) is 16.5. The van der Waals surface area contributed by atoms with Crippen molar-refractivity contribution in [3.63, 3.8) is 0 Å². The van der Waals surface area contributed by atoms with Crippen LogP contribution in [0.2, 0.25) is 0 Å². The van der Waals surface area contributed by atoms with Gasteiger partial charge in [0, 0.05) is 22.8 Å². The lowest BCUT2D eigenvalue weighted by molar-refractivity contribution is -0.113. The number of nitrogens with one attached hydrogen (secondary N) is 1. The zero-order valence-electron chi connectivity index (χ0n) is 12.7. The van der Waals surface area contributed by atoms with E-state index >= 15 is 0 Å². The Balaban J connectivity index is 1.69. The van der Waals surface area contributed by atoms with Crippen molar-refractivity contribution in [2.45, 2.75) is 11.9 Å². The van der Waals surface area contributed by atoms with Crippen LogP contribution >= 0.6 is 23.1 Å². The Labute approximate surface area is 146 Å². The van der Waals surface area contributed by atoms with Crippen molar-refractivity contribution in [3.05, 3.63) is 53.4 Å². The van der Waals surface area contributed by atoms with Crippen molar-refractivity contribution >= 4 is 34.1 Å². The summed E-state index contributed by atoms with van der Waals surface area (Å²) in [6, 6.07) is 7.82. The van der Waals surface area contributed by atoms with Crippen LogP contribution in [0, 0.1) is 12.7 Å². The molecule has 0 aliphatic heterocycles. The van der Waals surface area contributed by atoms with Gasteiger partial charge in [0.15, 0.2) is 11.0 Å². The van der Waals surface area contributed by atoms with Gasteiger partial charge in [0.2, 0.25) is 5.91 Å². The van der Waals surface area contributed by atoms with Gasteiger partial charge in [0.1, 0.15) is 10.8 Å². The minimum atomic E-state index is -0.306. The van der Waals surface area contributed by atoms with E-state index in [-0.39, 0.29) is 17.5 Å². The molecule has 3 aromatic rings. The standard InChI is InChI=1S/C16H13FN4OS2/c1-10-8-14(24-9-13(22)20-16-18-6-7-23-16)21-15(19-10)11-2-4-12(17)5-3-11/h2-8H,9H2,1H3,(H,18,20,22). The Bertz CT molecular complexity index is 838. The summed E-state index contributed by atoms with van der Waals surface area (Å²) in [5.41, 5.74) is 1.52. The summed E-state index contributed by atoms with van der Waals surface area (Å²) < 4.78 is 13.0. The first-order valence-electron chi connectivity index (χ1n) is 7.04. The summed E-state index contributed by atoms with van der Waals surface area (Å²) in [5, 5.41) is 5.79. The highest BCUT2D eigenvalue weighted by Crippen LogP contribution is 2.22. The van der Waals surface area contributed by atoms with Gasteiger partial charge in [-0.3, -0.25) is 4.79 Å². The summed E-state index contributed by atoms with van der Waals surface area (Å²) >= 11 is 2.68. The van der Waals surface area contributed by atoms with Crippen molar-refractivity contribution in [1.29, 1.82) is 0 Å². The van der Waals surface area contributed by atoms with Gasteiger partial charge in [-0.1, -0.05) is 11.8 Å². The van der Waals surface area contributed by atoms with Gasteiger partial charge >= 0.3 is 0 Å². The van der Waals surface area contributed by atoms with Crippen LogP contribution in [0.25, 0.3) is 11.4 Å². The zero-order chi connectivity index (χ0) is 16.9. The fourth-order valence-corrected chi connectivity index (χ4v) is 3.22. The summed E-state index contributed by atoms with van der Waals surface area (Å²) in [4.78, 5) is 24.7. The monoisotopic (exact) mass is 360 g/mol. The quantitative estimate of drug-likeness (QED) is 0.554. The number of thioether (sulfide) groups is 1. The molecule has 2 heterocycles. The predicted octanol–water partition coefficient (Wildman–Crippen LogP) is 3.78. The van der Waals surface area contributed by atoms with Crippen molar-refractivity contribution in [3.8, 4) is 11.4 Å². The number of carbonyl (C=O) groups excluding carboxylic acids is 1. The van der Waals surface area contributed by atoms with E-state index in [1.165, 1.54) is 35.2 Å². The van der Waals surface area contributed by atoms with Gasteiger partial charge in [-0.15, -0.1) is 11.3 Å². The maximum absolute atomic E-state index is 13.0. The van der Waals surface area contributed by atoms with Gasteiger partial charge in [-0.2, -0.15) is 0 Å². The topological polar surface area (TPSA) is 67.8 Å². The molecule has 1 amide bonds. The highest BCUT2D eigenvalue weighted by Gasteiger charge is 2.09. The number of amides is 1. The van der Waals surface area contributed by atoms with Crippen molar-refractivity contribution in [2.24, 2.45) is 0 Å². The highest BCUT2D eigenvalue weighted by molar-refractivity contribution is 7.99. The second-order valence-electron chi connectivity index (χ2n) is 4.85. The van der Waals surface area contributed by atoms with Gasteiger partial charge in [0.25, 0.3) is 0 Å². The molecule has 24 heavy (non-hydrogen) atoms. The fraction of sp³-hybridized carbons (Fsp3) is 0.125. The number of aromatic nitrogens is 3. The molecule has 5 nitrogen and oxygen atoms in total. The molecule has 0 fully saturated rings. The molecule has 1 N–H and O–H groups in total. The molecule has 0 bridgehead atoms. The number of hydrogen-bond donors (Lipinski definition) is 1. The number of carbonyl (C=O) groups is 1. The molecule has 0 spiro atoms. The Kier molecular flexibility index (Phi) is 5.17. The largest absolute Gasteiger partial charge is 0.301 e. The van der Waals surface area contributed by atoms with Gasteiger partial charge < -0.3 is 5.32 Å². The normalized spacial score (nSPS) is 10.6. The first-order chi connectivity index (χ1) is 11.6. The Hall–Kier alpha value is -2.32. The number of anilines is 1. The van der Waals surface area contributed by atoms with Crippen LogP contribution in [0.1, 0.15) is 5.69 Å². The first-order valence-corrected chi connectivity index (χ1v) is 8.90. The van der Waals surface area contributed by atoms with Gasteiger partial charge in [-0.25, -0.2) is 19.3 Å². The summed E-state index contributed by atoms with van der Waals surface area (Å²) in [6.45, 7) is 1.86. The Morgan fingerprint density at radius 2 is 2.08 bits per heavy atom. The molecule has 3 rings (SSSR count). The van der Waals surface area contributed by atoms with E-state index in [0.29, 0.717) is 16.0 Å². The molecule has 2 aromatic heterocycles. The molecule has 0 aliphatic rings.